The molecule has 0 radical (unpaired) electrons. The molecule has 2 fully saturated rings. The molecule has 0 amide bonds. The number of benzene rings is 2. The highest BCUT2D eigenvalue weighted by atomic mass is 31.2. The van der Waals surface area contributed by atoms with E-state index in [2.05, 4.69) is 78.8 Å². The van der Waals surface area contributed by atoms with E-state index < -0.39 is 17.2 Å². The SMILES string of the molecule is CCc1ccc(OP2OCC3(COP(Oc4ccc(C(C)CCC(C)C)cc4CC)OC3)CO2)c(C(C)C)c1. The first-order valence-electron chi connectivity index (χ1n) is 14.5. The number of rotatable bonds is 11. The maximum atomic E-state index is 6.22. The molecule has 1 atom stereocenters. The second-order valence-electron chi connectivity index (χ2n) is 11.7. The van der Waals surface area contributed by atoms with Crippen molar-refractivity contribution in [2.45, 2.75) is 86.0 Å². The molecule has 1 spiro atoms. The minimum atomic E-state index is -1.47. The van der Waals surface area contributed by atoms with E-state index in [4.69, 9.17) is 27.1 Å². The zero-order valence-electron chi connectivity index (χ0n) is 24.7. The first kappa shape index (κ1) is 30.7. The summed E-state index contributed by atoms with van der Waals surface area (Å²) in [5.74, 6) is 3.30. The van der Waals surface area contributed by atoms with Gasteiger partial charge in [0.25, 0.3) is 0 Å². The minimum absolute atomic E-state index is 0.347. The Morgan fingerprint density at radius 3 is 1.87 bits per heavy atom. The summed E-state index contributed by atoms with van der Waals surface area (Å²) in [6, 6.07) is 12.9. The molecule has 2 aliphatic heterocycles. The zero-order valence-corrected chi connectivity index (χ0v) is 26.5. The molecule has 216 valence electrons. The van der Waals surface area contributed by atoms with E-state index >= 15 is 0 Å². The Morgan fingerprint density at radius 2 is 1.33 bits per heavy atom. The molecule has 0 saturated carbocycles. The van der Waals surface area contributed by atoms with E-state index in [1.165, 1.54) is 35.1 Å². The average molecular weight is 577 g/mol. The maximum Gasteiger partial charge on any atom is 0.397 e. The molecule has 8 heteroatoms. The van der Waals surface area contributed by atoms with Crippen molar-refractivity contribution < 1.29 is 27.1 Å². The number of aryl methyl sites for hydroxylation is 2. The Kier molecular flexibility index (Phi) is 11.1. The Hall–Kier alpha value is -1.26. The van der Waals surface area contributed by atoms with Crippen LogP contribution < -0.4 is 9.05 Å². The molecule has 0 aliphatic carbocycles. The van der Waals surface area contributed by atoms with Crippen LogP contribution in [0.4, 0.5) is 0 Å². The lowest BCUT2D eigenvalue weighted by molar-refractivity contribution is -0.0673. The molecule has 39 heavy (non-hydrogen) atoms. The van der Waals surface area contributed by atoms with Crippen molar-refractivity contribution in [3.8, 4) is 11.5 Å². The van der Waals surface area contributed by atoms with Gasteiger partial charge in [-0.3, -0.25) is 0 Å². The van der Waals surface area contributed by atoms with Gasteiger partial charge < -0.3 is 27.1 Å². The topological polar surface area (TPSA) is 55.4 Å². The highest BCUT2D eigenvalue weighted by Crippen LogP contribution is 2.54. The quantitative estimate of drug-likeness (QED) is 0.248. The molecular weight excluding hydrogens is 530 g/mol. The predicted octanol–water partition coefficient (Wildman–Crippen LogP) is 9.47. The van der Waals surface area contributed by atoms with Crippen LogP contribution in [0.5, 0.6) is 11.5 Å². The molecule has 1 unspecified atom stereocenters. The van der Waals surface area contributed by atoms with E-state index in [0.29, 0.717) is 38.3 Å². The van der Waals surface area contributed by atoms with Crippen LogP contribution in [0.2, 0.25) is 0 Å². The third-order valence-electron chi connectivity index (χ3n) is 7.57. The van der Waals surface area contributed by atoms with Crippen molar-refractivity contribution in [1.82, 2.24) is 0 Å². The Balaban J connectivity index is 1.28. The lowest BCUT2D eigenvalue weighted by Crippen LogP contribution is -2.45. The van der Waals surface area contributed by atoms with Crippen LogP contribution in [-0.2, 0) is 30.9 Å². The summed E-state index contributed by atoms with van der Waals surface area (Å²) in [5, 5.41) is 0. The van der Waals surface area contributed by atoms with Crippen molar-refractivity contribution in [3.05, 3.63) is 58.7 Å². The maximum absolute atomic E-state index is 6.22. The number of hydrogen-bond acceptors (Lipinski definition) is 6. The van der Waals surface area contributed by atoms with Crippen LogP contribution >= 0.6 is 17.2 Å². The van der Waals surface area contributed by atoms with Crippen LogP contribution in [0.3, 0.4) is 0 Å². The highest BCUT2D eigenvalue weighted by molar-refractivity contribution is 7.42. The van der Waals surface area contributed by atoms with Gasteiger partial charge in [-0.15, -0.1) is 0 Å². The first-order valence-corrected chi connectivity index (χ1v) is 16.6. The molecule has 2 saturated heterocycles. The first-order chi connectivity index (χ1) is 18.7. The van der Waals surface area contributed by atoms with Crippen molar-refractivity contribution >= 4 is 17.2 Å². The monoisotopic (exact) mass is 576 g/mol. The van der Waals surface area contributed by atoms with Gasteiger partial charge in [0, 0.05) is 0 Å². The van der Waals surface area contributed by atoms with Crippen LogP contribution in [0.25, 0.3) is 0 Å². The molecule has 2 aliphatic rings. The minimum Gasteiger partial charge on any atom is -0.426 e. The third-order valence-corrected chi connectivity index (χ3v) is 9.62. The molecule has 2 aromatic carbocycles. The van der Waals surface area contributed by atoms with Crippen LogP contribution in [0.15, 0.2) is 36.4 Å². The average Bonchev–Trinajstić information content (AvgIpc) is 2.94. The third kappa shape index (κ3) is 8.15. The smallest absolute Gasteiger partial charge is 0.397 e. The molecule has 6 nitrogen and oxygen atoms in total. The van der Waals surface area contributed by atoms with Crippen molar-refractivity contribution in [1.29, 1.82) is 0 Å². The van der Waals surface area contributed by atoms with Crippen molar-refractivity contribution in [3.63, 3.8) is 0 Å². The molecule has 4 rings (SSSR count). The fourth-order valence-corrected chi connectivity index (χ4v) is 7.27. The largest absolute Gasteiger partial charge is 0.426 e. The van der Waals surface area contributed by atoms with Gasteiger partial charge >= 0.3 is 17.2 Å². The molecule has 0 N–H and O–H groups in total. The molecule has 2 aromatic rings. The summed E-state index contributed by atoms with van der Waals surface area (Å²) in [4.78, 5) is 0. The zero-order chi connectivity index (χ0) is 28.0. The Labute approximate surface area is 238 Å². The molecule has 2 heterocycles. The van der Waals surface area contributed by atoms with E-state index in [1.54, 1.807) is 0 Å². The van der Waals surface area contributed by atoms with Crippen molar-refractivity contribution in [2.75, 3.05) is 26.4 Å². The fourth-order valence-electron chi connectivity index (χ4n) is 4.72. The van der Waals surface area contributed by atoms with Gasteiger partial charge in [-0.05, 0) is 71.4 Å². The molecular formula is C31H46O6P2. The fraction of sp³-hybridized carbons (Fsp3) is 0.613. The summed E-state index contributed by atoms with van der Waals surface area (Å²) in [5.41, 5.74) is 4.70. The standard InChI is InChI=1S/C31H46O6P2/c1-8-25-12-14-30(28(16-25)23(5)6)37-39-34-20-31(21-35-39)18-32-38(33-19-31)36-29-15-13-27(17-26(29)9-2)24(7)11-10-22(3)4/h12-17,22-24H,8-11,18-21H2,1-7H3. The van der Waals surface area contributed by atoms with Crippen molar-refractivity contribution in [2.24, 2.45) is 11.3 Å². The predicted molar refractivity (Wildman–Crippen MR) is 160 cm³/mol. The lowest BCUT2D eigenvalue weighted by atomic mass is 9.91. The summed E-state index contributed by atoms with van der Waals surface area (Å²) < 4.78 is 36.6. The second-order valence-corrected chi connectivity index (χ2v) is 14.0. The van der Waals surface area contributed by atoms with E-state index in [1.807, 2.05) is 6.07 Å². The lowest BCUT2D eigenvalue weighted by Gasteiger charge is -2.41. The van der Waals surface area contributed by atoms with Crippen LogP contribution in [0.1, 0.15) is 95.4 Å². The van der Waals surface area contributed by atoms with Gasteiger partial charge in [-0.25, -0.2) is 0 Å². The summed E-state index contributed by atoms with van der Waals surface area (Å²) >= 11 is 0. The van der Waals surface area contributed by atoms with E-state index in [0.717, 1.165) is 30.3 Å². The van der Waals surface area contributed by atoms with Gasteiger partial charge in [0.05, 0.1) is 31.8 Å². The van der Waals surface area contributed by atoms with Crippen LogP contribution in [-0.4, -0.2) is 26.4 Å². The number of hydrogen-bond donors (Lipinski definition) is 0. The normalized spacial score (nSPS) is 24.3. The summed E-state index contributed by atoms with van der Waals surface area (Å²) in [6.07, 6.45) is 4.34. The summed E-state index contributed by atoms with van der Waals surface area (Å²) in [7, 11) is -2.93. The van der Waals surface area contributed by atoms with Gasteiger partial charge in [0.15, 0.2) is 0 Å². The Morgan fingerprint density at radius 1 is 0.744 bits per heavy atom. The van der Waals surface area contributed by atoms with E-state index in [-0.39, 0.29) is 5.41 Å². The molecule has 0 aromatic heterocycles. The molecule has 0 bridgehead atoms. The highest BCUT2D eigenvalue weighted by Gasteiger charge is 2.45. The Bertz CT molecular complexity index is 1060. The van der Waals surface area contributed by atoms with Gasteiger partial charge in [0.2, 0.25) is 0 Å². The second kappa shape index (κ2) is 14.1. The summed E-state index contributed by atoms with van der Waals surface area (Å²) in [6.45, 7) is 17.4. The van der Waals surface area contributed by atoms with Crippen LogP contribution in [0, 0.1) is 11.3 Å². The van der Waals surface area contributed by atoms with Gasteiger partial charge in [-0.1, -0.05) is 79.2 Å². The van der Waals surface area contributed by atoms with Gasteiger partial charge in [-0.2, -0.15) is 0 Å². The van der Waals surface area contributed by atoms with E-state index in [9.17, 15) is 0 Å². The van der Waals surface area contributed by atoms with Gasteiger partial charge in [0.1, 0.15) is 11.5 Å².